The van der Waals surface area contributed by atoms with E-state index in [9.17, 15) is 0 Å². The van der Waals surface area contributed by atoms with Crippen molar-refractivity contribution in [1.29, 1.82) is 5.26 Å². The smallest absolute Gasteiger partial charge is 0.150 e. The van der Waals surface area contributed by atoms with E-state index in [2.05, 4.69) is 0 Å². The Morgan fingerprint density at radius 2 is 2.10 bits per heavy atom. The zero-order valence-electron chi connectivity index (χ0n) is 6.13. The van der Waals surface area contributed by atoms with E-state index in [4.69, 9.17) is 17.5 Å². The summed E-state index contributed by atoms with van der Waals surface area (Å²) in [6.07, 6.45) is 0. The van der Waals surface area contributed by atoms with Gasteiger partial charge in [0.25, 0.3) is 0 Å². The molecule has 0 aliphatic heterocycles. The summed E-state index contributed by atoms with van der Waals surface area (Å²) < 4.78 is 0.674. The second-order valence-corrected chi connectivity index (χ2v) is 3.05. The van der Waals surface area contributed by atoms with Gasteiger partial charge in [0, 0.05) is 24.9 Å². The Morgan fingerprint density at radius 1 is 1.60 bits per heavy atom. The van der Waals surface area contributed by atoms with Gasteiger partial charge in [0.1, 0.15) is 5.40 Å². The van der Waals surface area contributed by atoms with Gasteiger partial charge in [-0.2, -0.15) is 5.26 Å². The van der Waals surface area contributed by atoms with Crippen molar-refractivity contribution in [3.05, 3.63) is 0 Å². The van der Waals surface area contributed by atoms with Crippen LogP contribution in [0.5, 0.6) is 0 Å². The quantitative estimate of drug-likeness (QED) is 0.471. The highest BCUT2D eigenvalue weighted by Crippen LogP contribution is 2.06. The second-order valence-electron chi connectivity index (χ2n) is 1.63. The van der Waals surface area contributed by atoms with Crippen LogP contribution >= 0.6 is 24.0 Å². The van der Waals surface area contributed by atoms with E-state index in [-0.39, 0.29) is 0 Å². The third-order valence-corrected chi connectivity index (χ3v) is 2.19. The molecular weight excluding hydrogens is 164 g/mol. The van der Waals surface area contributed by atoms with Crippen LogP contribution in [0.2, 0.25) is 0 Å². The van der Waals surface area contributed by atoms with Gasteiger partial charge in [0.15, 0.2) is 4.32 Å². The van der Waals surface area contributed by atoms with Gasteiger partial charge < -0.3 is 4.90 Å². The van der Waals surface area contributed by atoms with E-state index in [1.165, 1.54) is 0 Å². The maximum absolute atomic E-state index is 8.28. The van der Waals surface area contributed by atoms with Gasteiger partial charge >= 0.3 is 0 Å². The summed E-state index contributed by atoms with van der Waals surface area (Å²) in [6.45, 7) is 5.80. The number of nitrogens with zero attached hydrogens (tertiary/aromatic N) is 2. The molecule has 0 N–H and O–H groups in total. The van der Waals surface area contributed by atoms with Crippen molar-refractivity contribution in [3.63, 3.8) is 0 Å². The third kappa shape index (κ3) is 3.04. The largest absolute Gasteiger partial charge is 0.357 e. The lowest BCUT2D eigenvalue weighted by molar-refractivity contribution is 0.482. The van der Waals surface area contributed by atoms with Crippen LogP contribution in [0.1, 0.15) is 13.8 Å². The first-order chi connectivity index (χ1) is 4.76. The van der Waals surface area contributed by atoms with Crippen LogP contribution in [-0.2, 0) is 0 Å². The monoisotopic (exact) mass is 174 g/mol. The van der Waals surface area contributed by atoms with Gasteiger partial charge in [0.2, 0.25) is 0 Å². The van der Waals surface area contributed by atoms with Crippen molar-refractivity contribution in [2.75, 3.05) is 13.1 Å². The average molecular weight is 174 g/mol. The molecule has 0 aliphatic rings. The zero-order valence-corrected chi connectivity index (χ0v) is 7.76. The molecule has 0 atom stereocenters. The number of rotatable bonds is 2. The Labute approximate surface area is 71.2 Å². The van der Waals surface area contributed by atoms with Gasteiger partial charge in [0.05, 0.1) is 0 Å². The highest BCUT2D eigenvalue weighted by molar-refractivity contribution is 8.25. The maximum atomic E-state index is 8.28. The van der Waals surface area contributed by atoms with Crippen LogP contribution in [0.25, 0.3) is 0 Å². The van der Waals surface area contributed by atoms with Crippen LogP contribution in [-0.4, -0.2) is 22.3 Å². The molecule has 0 aromatic rings. The summed E-state index contributed by atoms with van der Waals surface area (Å²) >= 11 is 5.99. The van der Waals surface area contributed by atoms with E-state index in [0.29, 0.717) is 4.32 Å². The van der Waals surface area contributed by atoms with Crippen LogP contribution in [0.15, 0.2) is 0 Å². The first-order valence-electron chi connectivity index (χ1n) is 3.11. The summed E-state index contributed by atoms with van der Waals surface area (Å²) in [5, 5.41) is 10.2. The van der Waals surface area contributed by atoms with Crippen molar-refractivity contribution in [3.8, 4) is 5.40 Å². The average Bonchev–Trinajstić information content (AvgIpc) is 1.91. The number of hydrogen-bond donors (Lipinski definition) is 0. The number of thioether (sulfide) groups is 1. The molecule has 0 rings (SSSR count). The van der Waals surface area contributed by atoms with Crippen LogP contribution in [0.3, 0.4) is 0 Å². The van der Waals surface area contributed by atoms with E-state index < -0.39 is 0 Å². The Hall–Kier alpha value is -0.270. The normalized spacial score (nSPS) is 8.50. The fourth-order valence-corrected chi connectivity index (χ4v) is 1.42. The predicted molar refractivity (Wildman–Crippen MR) is 48.7 cm³/mol. The minimum atomic E-state index is 0.674. The molecule has 56 valence electrons. The van der Waals surface area contributed by atoms with Crippen LogP contribution < -0.4 is 0 Å². The molecular formula is C6H10N2S2. The molecule has 10 heavy (non-hydrogen) atoms. The number of nitriles is 1. The fourth-order valence-electron chi connectivity index (χ4n) is 0.585. The highest BCUT2D eigenvalue weighted by atomic mass is 32.2. The molecule has 0 heterocycles. The summed E-state index contributed by atoms with van der Waals surface area (Å²) in [5.74, 6) is 0. The van der Waals surface area contributed by atoms with Crippen LogP contribution in [0, 0.1) is 10.7 Å². The minimum Gasteiger partial charge on any atom is -0.357 e. The Morgan fingerprint density at radius 3 is 2.40 bits per heavy atom. The van der Waals surface area contributed by atoms with Gasteiger partial charge in [-0.05, 0) is 13.8 Å². The van der Waals surface area contributed by atoms with Crippen molar-refractivity contribution >= 4 is 28.3 Å². The van der Waals surface area contributed by atoms with Crippen LogP contribution in [0.4, 0.5) is 0 Å². The first kappa shape index (κ1) is 9.73. The standard InChI is InChI=1S/C6H10N2S2/c1-3-8(4-2)6(9)10-5-7/h3-4H2,1-2H3. The number of hydrogen-bond acceptors (Lipinski definition) is 3. The molecule has 0 radical (unpaired) electrons. The lowest BCUT2D eigenvalue weighted by Gasteiger charge is -2.18. The fraction of sp³-hybridized carbons (Fsp3) is 0.667. The molecule has 0 amide bonds. The van der Waals surface area contributed by atoms with Crippen molar-refractivity contribution < 1.29 is 0 Å². The van der Waals surface area contributed by atoms with E-state index >= 15 is 0 Å². The lowest BCUT2D eigenvalue weighted by Crippen LogP contribution is -2.26. The maximum Gasteiger partial charge on any atom is 0.150 e. The molecule has 0 spiro atoms. The first-order valence-corrected chi connectivity index (χ1v) is 4.33. The summed E-state index contributed by atoms with van der Waals surface area (Å²) in [6, 6.07) is 0. The SMILES string of the molecule is CCN(CC)C(=S)SC#N. The molecule has 0 aromatic heterocycles. The summed E-state index contributed by atoms with van der Waals surface area (Å²) in [4.78, 5) is 1.98. The topological polar surface area (TPSA) is 27.0 Å². The van der Waals surface area contributed by atoms with Gasteiger partial charge in [-0.3, -0.25) is 0 Å². The summed E-state index contributed by atoms with van der Waals surface area (Å²) in [5.41, 5.74) is 0. The summed E-state index contributed by atoms with van der Waals surface area (Å²) in [7, 11) is 0. The van der Waals surface area contributed by atoms with E-state index in [1.807, 2.05) is 24.1 Å². The molecule has 0 aliphatic carbocycles. The number of thiocyanates is 1. The van der Waals surface area contributed by atoms with E-state index in [0.717, 1.165) is 24.9 Å². The molecule has 0 bridgehead atoms. The van der Waals surface area contributed by atoms with Gasteiger partial charge in [-0.1, -0.05) is 12.2 Å². The Bertz CT molecular complexity index is 146. The lowest BCUT2D eigenvalue weighted by atomic mass is 10.6. The molecule has 0 saturated heterocycles. The van der Waals surface area contributed by atoms with Gasteiger partial charge in [-0.15, -0.1) is 0 Å². The third-order valence-electron chi connectivity index (χ3n) is 1.15. The molecule has 0 saturated carbocycles. The van der Waals surface area contributed by atoms with E-state index in [1.54, 1.807) is 0 Å². The number of thiocarbonyl (C=S) groups is 1. The zero-order chi connectivity index (χ0) is 7.98. The predicted octanol–water partition coefficient (Wildman–Crippen LogP) is 1.83. The van der Waals surface area contributed by atoms with Gasteiger partial charge in [-0.25, -0.2) is 0 Å². The Kier molecular flexibility index (Phi) is 5.36. The minimum absolute atomic E-state index is 0.674. The molecule has 2 nitrogen and oxygen atoms in total. The van der Waals surface area contributed by atoms with Crippen molar-refractivity contribution in [1.82, 2.24) is 4.90 Å². The molecule has 0 unspecified atom stereocenters. The highest BCUT2D eigenvalue weighted by Gasteiger charge is 2.03. The molecule has 0 fully saturated rings. The second kappa shape index (κ2) is 5.51. The van der Waals surface area contributed by atoms with Crippen molar-refractivity contribution in [2.45, 2.75) is 13.8 Å². The molecule has 0 aromatic carbocycles. The van der Waals surface area contributed by atoms with Crippen molar-refractivity contribution in [2.24, 2.45) is 0 Å². The Balaban J connectivity index is 3.79. The molecule has 4 heteroatoms.